The standard InChI is InChI=1S/C16H18N4S/c1-20-10-14(9-18-15-6-7-21-11-15)16(19-20)13-4-2-12(8-17)3-5-13/h2-5,10,15,18H,6-7,9,11H2,1H3/t15-/m0/s1. The first-order chi connectivity index (χ1) is 10.3. The van der Waals surface area contributed by atoms with Crippen molar-refractivity contribution in [1.29, 1.82) is 5.26 Å². The molecular formula is C16H18N4S. The van der Waals surface area contributed by atoms with Gasteiger partial charge in [-0.15, -0.1) is 0 Å². The molecule has 0 radical (unpaired) electrons. The van der Waals surface area contributed by atoms with E-state index in [1.807, 2.05) is 47.8 Å². The highest BCUT2D eigenvalue weighted by atomic mass is 32.2. The Morgan fingerprint density at radius 1 is 1.43 bits per heavy atom. The predicted molar refractivity (Wildman–Crippen MR) is 85.9 cm³/mol. The van der Waals surface area contributed by atoms with E-state index in [0.717, 1.165) is 17.8 Å². The van der Waals surface area contributed by atoms with E-state index in [4.69, 9.17) is 5.26 Å². The Balaban J connectivity index is 1.79. The van der Waals surface area contributed by atoms with Gasteiger partial charge in [-0.3, -0.25) is 4.68 Å². The molecule has 1 saturated heterocycles. The van der Waals surface area contributed by atoms with Crippen LogP contribution in [0, 0.1) is 11.3 Å². The highest BCUT2D eigenvalue weighted by Gasteiger charge is 2.16. The number of aryl methyl sites for hydroxylation is 1. The molecule has 0 unspecified atom stereocenters. The van der Waals surface area contributed by atoms with Gasteiger partial charge in [0, 0.05) is 42.7 Å². The van der Waals surface area contributed by atoms with Crippen LogP contribution < -0.4 is 5.32 Å². The van der Waals surface area contributed by atoms with E-state index < -0.39 is 0 Å². The Bertz CT molecular complexity index is 648. The molecule has 108 valence electrons. The molecular weight excluding hydrogens is 280 g/mol. The van der Waals surface area contributed by atoms with E-state index >= 15 is 0 Å². The predicted octanol–water partition coefficient (Wildman–Crippen LogP) is 2.55. The summed E-state index contributed by atoms with van der Waals surface area (Å²) in [7, 11) is 1.95. The highest BCUT2D eigenvalue weighted by Crippen LogP contribution is 2.23. The average Bonchev–Trinajstić information content (AvgIpc) is 3.14. The van der Waals surface area contributed by atoms with E-state index in [0.29, 0.717) is 11.6 Å². The highest BCUT2D eigenvalue weighted by molar-refractivity contribution is 7.99. The minimum atomic E-state index is 0.615. The summed E-state index contributed by atoms with van der Waals surface area (Å²) < 4.78 is 1.86. The van der Waals surface area contributed by atoms with Crippen LogP contribution >= 0.6 is 11.8 Å². The molecule has 0 amide bonds. The lowest BCUT2D eigenvalue weighted by Crippen LogP contribution is -2.28. The zero-order chi connectivity index (χ0) is 14.7. The second kappa shape index (κ2) is 6.33. The topological polar surface area (TPSA) is 53.6 Å². The van der Waals surface area contributed by atoms with Crippen LogP contribution in [0.15, 0.2) is 30.5 Å². The number of thioether (sulfide) groups is 1. The second-order valence-corrected chi connectivity index (χ2v) is 6.46. The molecule has 1 aliphatic heterocycles. The Morgan fingerprint density at radius 3 is 2.90 bits per heavy atom. The molecule has 0 bridgehead atoms. The largest absolute Gasteiger partial charge is 0.309 e. The molecule has 2 heterocycles. The van der Waals surface area contributed by atoms with Crippen molar-refractivity contribution in [2.45, 2.75) is 19.0 Å². The van der Waals surface area contributed by atoms with Crippen LogP contribution in [0.1, 0.15) is 17.5 Å². The van der Waals surface area contributed by atoms with Crippen LogP contribution in [0.5, 0.6) is 0 Å². The maximum Gasteiger partial charge on any atom is 0.0991 e. The Labute approximate surface area is 129 Å². The van der Waals surface area contributed by atoms with E-state index in [2.05, 4.69) is 22.7 Å². The second-order valence-electron chi connectivity index (χ2n) is 5.31. The maximum absolute atomic E-state index is 8.88. The van der Waals surface area contributed by atoms with Gasteiger partial charge in [-0.25, -0.2) is 0 Å². The summed E-state index contributed by atoms with van der Waals surface area (Å²) in [6, 6.07) is 10.4. The normalized spacial score (nSPS) is 17.8. The van der Waals surface area contributed by atoms with Gasteiger partial charge < -0.3 is 5.32 Å². The summed E-state index contributed by atoms with van der Waals surface area (Å²) in [6.07, 6.45) is 3.32. The molecule has 1 aliphatic rings. The molecule has 0 spiro atoms. The Kier molecular flexibility index (Phi) is 4.28. The molecule has 0 saturated carbocycles. The average molecular weight is 298 g/mol. The zero-order valence-corrected chi connectivity index (χ0v) is 12.9. The van der Waals surface area contributed by atoms with Gasteiger partial charge in [-0.05, 0) is 24.3 Å². The lowest BCUT2D eigenvalue weighted by atomic mass is 10.1. The summed E-state index contributed by atoms with van der Waals surface area (Å²) in [6.45, 7) is 0.842. The monoisotopic (exact) mass is 298 g/mol. The number of benzene rings is 1. The molecule has 1 N–H and O–H groups in total. The van der Waals surface area contributed by atoms with Gasteiger partial charge in [0.2, 0.25) is 0 Å². The molecule has 0 aliphatic carbocycles. The zero-order valence-electron chi connectivity index (χ0n) is 12.0. The SMILES string of the molecule is Cn1cc(CN[C@H]2CCSC2)c(-c2ccc(C#N)cc2)n1. The van der Waals surface area contributed by atoms with Gasteiger partial charge in [-0.1, -0.05) is 12.1 Å². The summed E-state index contributed by atoms with van der Waals surface area (Å²) in [5.74, 6) is 2.46. The minimum Gasteiger partial charge on any atom is -0.309 e. The van der Waals surface area contributed by atoms with Gasteiger partial charge in [0.1, 0.15) is 0 Å². The fourth-order valence-electron chi connectivity index (χ4n) is 2.56. The van der Waals surface area contributed by atoms with Gasteiger partial charge in [0.25, 0.3) is 0 Å². The molecule has 3 rings (SSSR count). The van der Waals surface area contributed by atoms with Crippen LogP contribution in [0.4, 0.5) is 0 Å². The molecule has 5 heteroatoms. The van der Waals surface area contributed by atoms with E-state index in [1.54, 1.807) is 0 Å². The minimum absolute atomic E-state index is 0.615. The first-order valence-electron chi connectivity index (χ1n) is 7.10. The number of nitrogens with zero attached hydrogens (tertiary/aromatic N) is 3. The summed E-state index contributed by atoms with van der Waals surface area (Å²) in [4.78, 5) is 0. The number of nitrogens with one attached hydrogen (secondary N) is 1. The van der Waals surface area contributed by atoms with E-state index in [-0.39, 0.29) is 0 Å². The van der Waals surface area contributed by atoms with Crippen LogP contribution in [-0.4, -0.2) is 27.3 Å². The van der Waals surface area contributed by atoms with Crippen molar-refractivity contribution in [1.82, 2.24) is 15.1 Å². The van der Waals surface area contributed by atoms with Crippen molar-refractivity contribution in [3.63, 3.8) is 0 Å². The fraction of sp³-hybridized carbons (Fsp3) is 0.375. The van der Waals surface area contributed by atoms with Crippen molar-refractivity contribution in [3.05, 3.63) is 41.6 Å². The number of aromatic nitrogens is 2. The van der Waals surface area contributed by atoms with Crippen LogP contribution in [0.2, 0.25) is 0 Å². The summed E-state index contributed by atoms with van der Waals surface area (Å²) in [5.41, 5.74) is 3.95. The first kappa shape index (κ1) is 14.2. The quantitative estimate of drug-likeness (QED) is 0.942. The molecule has 1 atom stereocenters. The van der Waals surface area contributed by atoms with Gasteiger partial charge >= 0.3 is 0 Å². The molecule has 4 nitrogen and oxygen atoms in total. The fourth-order valence-corrected chi connectivity index (χ4v) is 3.75. The van der Waals surface area contributed by atoms with Gasteiger partial charge in [0.05, 0.1) is 17.3 Å². The molecule has 2 aromatic rings. The third kappa shape index (κ3) is 3.29. The van der Waals surface area contributed by atoms with Gasteiger partial charge in [0.15, 0.2) is 0 Å². The van der Waals surface area contributed by atoms with Crippen LogP contribution in [-0.2, 0) is 13.6 Å². The number of nitriles is 1. The molecule has 21 heavy (non-hydrogen) atoms. The third-order valence-corrected chi connectivity index (χ3v) is 4.87. The number of rotatable bonds is 4. The Hall–Kier alpha value is -1.77. The lowest BCUT2D eigenvalue weighted by Gasteiger charge is -2.10. The van der Waals surface area contributed by atoms with Gasteiger partial charge in [-0.2, -0.15) is 22.1 Å². The molecule has 1 fully saturated rings. The van der Waals surface area contributed by atoms with Crippen molar-refractivity contribution in [2.24, 2.45) is 7.05 Å². The van der Waals surface area contributed by atoms with Crippen molar-refractivity contribution < 1.29 is 0 Å². The number of hydrogen-bond acceptors (Lipinski definition) is 4. The Morgan fingerprint density at radius 2 is 2.24 bits per heavy atom. The van der Waals surface area contributed by atoms with Crippen LogP contribution in [0.25, 0.3) is 11.3 Å². The maximum atomic E-state index is 8.88. The van der Waals surface area contributed by atoms with E-state index in [9.17, 15) is 0 Å². The van der Waals surface area contributed by atoms with E-state index in [1.165, 1.54) is 23.5 Å². The molecule has 1 aromatic heterocycles. The summed E-state index contributed by atoms with van der Waals surface area (Å²) in [5, 5.41) is 17.1. The van der Waals surface area contributed by atoms with Crippen molar-refractivity contribution in [2.75, 3.05) is 11.5 Å². The van der Waals surface area contributed by atoms with Crippen molar-refractivity contribution >= 4 is 11.8 Å². The van der Waals surface area contributed by atoms with Crippen LogP contribution in [0.3, 0.4) is 0 Å². The number of hydrogen-bond donors (Lipinski definition) is 1. The smallest absolute Gasteiger partial charge is 0.0991 e. The summed E-state index contributed by atoms with van der Waals surface area (Å²) >= 11 is 2.01. The van der Waals surface area contributed by atoms with Crippen molar-refractivity contribution in [3.8, 4) is 17.3 Å². The molecule has 1 aromatic carbocycles. The third-order valence-electron chi connectivity index (χ3n) is 3.70. The lowest BCUT2D eigenvalue weighted by molar-refractivity contribution is 0.558. The first-order valence-corrected chi connectivity index (χ1v) is 8.26.